The SMILES string of the molecule is COc1cc2nc(-c3[nH]ncc3N=O)[nH]c2cc1Cl. The Morgan fingerprint density at radius 3 is 3.00 bits per heavy atom. The van der Waals surface area contributed by atoms with Gasteiger partial charge < -0.3 is 9.72 Å². The number of rotatable bonds is 3. The van der Waals surface area contributed by atoms with Crippen molar-refractivity contribution in [2.24, 2.45) is 5.18 Å². The van der Waals surface area contributed by atoms with Gasteiger partial charge >= 0.3 is 0 Å². The molecule has 0 bridgehead atoms. The molecule has 2 heterocycles. The molecule has 0 radical (unpaired) electrons. The Morgan fingerprint density at radius 1 is 1.42 bits per heavy atom. The summed E-state index contributed by atoms with van der Waals surface area (Å²) in [6.45, 7) is 0. The van der Waals surface area contributed by atoms with Crippen molar-refractivity contribution < 1.29 is 4.74 Å². The minimum atomic E-state index is 0.192. The third-order valence-corrected chi connectivity index (χ3v) is 3.01. The molecule has 8 heteroatoms. The van der Waals surface area contributed by atoms with Crippen LogP contribution in [0.2, 0.25) is 5.02 Å². The summed E-state index contributed by atoms with van der Waals surface area (Å²) >= 11 is 6.03. The van der Waals surface area contributed by atoms with E-state index in [1.54, 1.807) is 12.1 Å². The summed E-state index contributed by atoms with van der Waals surface area (Å²) in [5.41, 5.74) is 2.02. The van der Waals surface area contributed by atoms with E-state index in [1.165, 1.54) is 13.3 Å². The van der Waals surface area contributed by atoms with Gasteiger partial charge in [0.05, 0.1) is 29.4 Å². The predicted octanol–water partition coefficient (Wildman–Crippen LogP) is 3.01. The third-order valence-electron chi connectivity index (χ3n) is 2.71. The van der Waals surface area contributed by atoms with Gasteiger partial charge in [-0.15, -0.1) is 4.91 Å². The van der Waals surface area contributed by atoms with E-state index in [1.807, 2.05) is 0 Å². The van der Waals surface area contributed by atoms with Crippen LogP contribution in [0.3, 0.4) is 0 Å². The van der Waals surface area contributed by atoms with Crippen LogP contribution in [0.1, 0.15) is 0 Å². The highest BCUT2D eigenvalue weighted by molar-refractivity contribution is 6.32. The lowest BCUT2D eigenvalue weighted by atomic mass is 10.3. The van der Waals surface area contributed by atoms with Crippen molar-refractivity contribution in [3.05, 3.63) is 28.3 Å². The maximum atomic E-state index is 10.6. The number of methoxy groups -OCH3 is 1. The predicted molar refractivity (Wildman–Crippen MR) is 70.7 cm³/mol. The molecular formula is C11H8ClN5O2. The lowest BCUT2D eigenvalue weighted by molar-refractivity contribution is 0.415. The van der Waals surface area contributed by atoms with Crippen LogP contribution >= 0.6 is 11.6 Å². The highest BCUT2D eigenvalue weighted by Gasteiger charge is 2.14. The largest absolute Gasteiger partial charge is 0.495 e. The molecular weight excluding hydrogens is 270 g/mol. The number of imidazole rings is 1. The van der Waals surface area contributed by atoms with Crippen LogP contribution in [0.5, 0.6) is 5.75 Å². The molecule has 0 fully saturated rings. The minimum Gasteiger partial charge on any atom is -0.495 e. The Bertz CT molecular complexity index is 764. The van der Waals surface area contributed by atoms with E-state index in [0.29, 0.717) is 27.8 Å². The quantitative estimate of drug-likeness (QED) is 0.719. The van der Waals surface area contributed by atoms with E-state index in [0.717, 1.165) is 5.52 Å². The molecule has 0 aliphatic heterocycles. The van der Waals surface area contributed by atoms with E-state index >= 15 is 0 Å². The van der Waals surface area contributed by atoms with Crippen molar-refractivity contribution in [3.8, 4) is 17.3 Å². The molecule has 0 aliphatic carbocycles. The maximum Gasteiger partial charge on any atom is 0.158 e. The molecule has 0 saturated carbocycles. The number of H-pyrrole nitrogens is 2. The van der Waals surface area contributed by atoms with Gasteiger partial charge in [-0.1, -0.05) is 11.6 Å². The van der Waals surface area contributed by atoms with Crippen molar-refractivity contribution in [2.75, 3.05) is 7.11 Å². The molecule has 7 nitrogen and oxygen atoms in total. The van der Waals surface area contributed by atoms with Crippen LogP contribution in [-0.4, -0.2) is 27.3 Å². The van der Waals surface area contributed by atoms with Crippen molar-refractivity contribution in [3.63, 3.8) is 0 Å². The second kappa shape index (κ2) is 4.36. The van der Waals surface area contributed by atoms with Crippen LogP contribution in [0.15, 0.2) is 23.5 Å². The Kier molecular flexibility index (Phi) is 2.68. The number of ether oxygens (including phenoxy) is 1. The zero-order valence-corrected chi connectivity index (χ0v) is 10.5. The average Bonchev–Trinajstić information content (AvgIpc) is 3.02. The first-order valence-corrected chi connectivity index (χ1v) is 5.71. The van der Waals surface area contributed by atoms with Crippen LogP contribution in [0.4, 0.5) is 5.69 Å². The van der Waals surface area contributed by atoms with Gasteiger partial charge in [-0.25, -0.2) is 4.98 Å². The number of hydrogen-bond acceptors (Lipinski definition) is 5. The summed E-state index contributed by atoms with van der Waals surface area (Å²) in [6.07, 6.45) is 1.34. The fourth-order valence-electron chi connectivity index (χ4n) is 1.81. The Morgan fingerprint density at radius 2 is 2.26 bits per heavy atom. The molecule has 2 N–H and O–H groups in total. The fraction of sp³-hybridized carbons (Fsp3) is 0.0909. The molecule has 0 atom stereocenters. The summed E-state index contributed by atoms with van der Waals surface area (Å²) in [6, 6.07) is 3.42. The molecule has 19 heavy (non-hydrogen) atoms. The molecule has 0 saturated heterocycles. The molecule has 96 valence electrons. The van der Waals surface area contributed by atoms with E-state index in [2.05, 4.69) is 25.3 Å². The number of nitroso groups, excluding NO2 is 1. The second-order valence-corrected chi connectivity index (χ2v) is 4.22. The Balaban J connectivity index is 2.19. The standard InChI is InChI=1S/C11H8ClN5O2/c1-19-9-3-7-6(2-5(9)12)14-11(15-7)10-8(17-18)4-13-16-10/h2-4H,1H3,(H,13,16)(H,14,15). The number of halogens is 1. The summed E-state index contributed by atoms with van der Waals surface area (Å²) in [5.74, 6) is 0.997. The van der Waals surface area contributed by atoms with Gasteiger partial charge in [0.1, 0.15) is 11.4 Å². The second-order valence-electron chi connectivity index (χ2n) is 3.81. The summed E-state index contributed by atoms with van der Waals surface area (Å²) in [7, 11) is 1.53. The number of fused-ring (bicyclic) bond motifs is 1. The number of hydrogen-bond donors (Lipinski definition) is 2. The van der Waals surface area contributed by atoms with Crippen molar-refractivity contribution in [1.82, 2.24) is 20.2 Å². The number of benzene rings is 1. The fourth-order valence-corrected chi connectivity index (χ4v) is 2.05. The third kappa shape index (κ3) is 1.84. The van der Waals surface area contributed by atoms with Gasteiger partial charge in [-0.05, 0) is 11.2 Å². The summed E-state index contributed by atoms with van der Waals surface area (Å²) < 4.78 is 5.12. The molecule has 3 rings (SSSR count). The normalized spacial score (nSPS) is 10.8. The van der Waals surface area contributed by atoms with Crippen molar-refractivity contribution in [1.29, 1.82) is 0 Å². The highest BCUT2D eigenvalue weighted by atomic mass is 35.5. The first-order valence-electron chi connectivity index (χ1n) is 5.33. The average molecular weight is 278 g/mol. The molecule has 0 aliphatic rings. The molecule has 0 amide bonds. The van der Waals surface area contributed by atoms with Crippen LogP contribution < -0.4 is 4.74 Å². The Hall–Kier alpha value is -2.41. The summed E-state index contributed by atoms with van der Waals surface area (Å²) in [4.78, 5) is 18.0. The van der Waals surface area contributed by atoms with Gasteiger partial charge in [0.25, 0.3) is 0 Å². The van der Waals surface area contributed by atoms with Crippen LogP contribution in [0.25, 0.3) is 22.6 Å². The smallest absolute Gasteiger partial charge is 0.158 e. The van der Waals surface area contributed by atoms with Crippen LogP contribution in [0, 0.1) is 4.91 Å². The molecule has 2 aromatic heterocycles. The number of nitrogens with one attached hydrogen (secondary N) is 2. The number of aromatic nitrogens is 4. The van der Waals surface area contributed by atoms with Gasteiger partial charge in [0.2, 0.25) is 0 Å². The lowest BCUT2D eigenvalue weighted by Gasteiger charge is -2.00. The van der Waals surface area contributed by atoms with Gasteiger partial charge in [0, 0.05) is 6.07 Å². The highest BCUT2D eigenvalue weighted by Crippen LogP contribution is 2.32. The monoisotopic (exact) mass is 277 g/mol. The summed E-state index contributed by atoms with van der Waals surface area (Å²) in [5, 5.41) is 9.79. The van der Waals surface area contributed by atoms with Gasteiger partial charge in [0.15, 0.2) is 11.5 Å². The van der Waals surface area contributed by atoms with Gasteiger partial charge in [-0.3, -0.25) is 5.10 Å². The number of nitrogens with zero attached hydrogens (tertiary/aromatic N) is 3. The van der Waals surface area contributed by atoms with Gasteiger partial charge in [-0.2, -0.15) is 5.10 Å². The molecule has 1 aromatic carbocycles. The lowest BCUT2D eigenvalue weighted by Crippen LogP contribution is -1.83. The Labute approximate surface area is 111 Å². The molecule has 0 unspecified atom stereocenters. The first-order chi connectivity index (χ1) is 9.22. The molecule has 3 aromatic rings. The first kappa shape index (κ1) is 11.7. The van der Waals surface area contributed by atoms with Crippen molar-refractivity contribution in [2.45, 2.75) is 0 Å². The zero-order valence-electron chi connectivity index (χ0n) is 9.77. The van der Waals surface area contributed by atoms with E-state index < -0.39 is 0 Å². The number of aromatic amines is 2. The van der Waals surface area contributed by atoms with Crippen molar-refractivity contribution >= 4 is 28.3 Å². The van der Waals surface area contributed by atoms with E-state index in [4.69, 9.17) is 16.3 Å². The zero-order chi connectivity index (χ0) is 13.4. The van der Waals surface area contributed by atoms with E-state index in [-0.39, 0.29) is 5.69 Å². The molecule has 0 spiro atoms. The van der Waals surface area contributed by atoms with Crippen LogP contribution in [-0.2, 0) is 0 Å². The topological polar surface area (TPSA) is 96.0 Å². The van der Waals surface area contributed by atoms with E-state index in [9.17, 15) is 4.91 Å². The maximum absolute atomic E-state index is 10.6. The minimum absolute atomic E-state index is 0.192.